The van der Waals surface area contributed by atoms with Crippen LogP contribution in [0.2, 0.25) is 0 Å². The zero-order chi connectivity index (χ0) is 21.5. The monoisotopic (exact) mass is 406 g/mol. The first-order valence-electron chi connectivity index (χ1n) is 8.90. The molecule has 2 aromatic rings. The summed E-state index contributed by atoms with van der Waals surface area (Å²) < 4.78 is 16.4. The Morgan fingerprint density at radius 2 is 1.80 bits per heavy atom. The van der Waals surface area contributed by atoms with Gasteiger partial charge in [-0.05, 0) is 29.8 Å². The molecule has 8 nitrogen and oxygen atoms in total. The molecule has 0 saturated heterocycles. The van der Waals surface area contributed by atoms with Gasteiger partial charge in [0.1, 0.15) is 13.2 Å². The van der Waals surface area contributed by atoms with Gasteiger partial charge in [-0.2, -0.15) is 0 Å². The van der Waals surface area contributed by atoms with E-state index in [4.69, 9.17) is 14.2 Å². The highest BCUT2D eigenvalue weighted by molar-refractivity contribution is 6.13. The molecule has 0 atom stereocenters. The quantitative estimate of drug-likeness (QED) is 0.205. The predicted molar refractivity (Wildman–Crippen MR) is 112 cm³/mol. The topological polar surface area (TPSA) is 100 Å². The summed E-state index contributed by atoms with van der Waals surface area (Å²) in [6.07, 6.45) is 4.75. The number of rotatable bonds is 9. The van der Waals surface area contributed by atoms with Crippen LogP contribution in [0.5, 0.6) is 11.5 Å². The van der Waals surface area contributed by atoms with Gasteiger partial charge < -0.3 is 14.2 Å². The second-order valence-corrected chi connectivity index (χ2v) is 6.05. The minimum atomic E-state index is -0.656. The number of esters is 1. The molecule has 2 aromatic carbocycles. The van der Waals surface area contributed by atoms with Crippen LogP contribution in [0.15, 0.2) is 78.5 Å². The first-order chi connectivity index (χ1) is 14.5. The zero-order valence-corrected chi connectivity index (χ0v) is 15.9. The average Bonchev–Trinajstić information content (AvgIpc) is 3.11. The van der Waals surface area contributed by atoms with Crippen molar-refractivity contribution in [2.45, 2.75) is 0 Å². The standard InChI is InChI=1S/C22H18N2O6/c1-3-10-28-19-9-8-15(13-20(19)29-11-4-2)12-18-22(25)30-21(23-18)16-6-5-7-17(14-16)24(26)27/h3-9,12-14H,1-2,10-11H2/b18-12-. The van der Waals surface area contributed by atoms with Gasteiger partial charge in [0.25, 0.3) is 5.69 Å². The van der Waals surface area contributed by atoms with E-state index >= 15 is 0 Å². The number of aliphatic imine (C=N–C) groups is 1. The molecular weight excluding hydrogens is 388 g/mol. The van der Waals surface area contributed by atoms with Crippen LogP contribution >= 0.6 is 0 Å². The smallest absolute Gasteiger partial charge is 0.363 e. The van der Waals surface area contributed by atoms with Crippen molar-refractivity contribution in [2.24, 2.45) is 4.99 Å². The van der Waals surface area contributed by atoms with E-state index in [-0.39, 0.29) is 23.9 Å². The van der Waals surface area contributed by atoms with Gasteiger partial charge in [0.15, 0.2) is 17.2 Å². The summed E-state index contributed by atoms with van der Waals surface area (Å²) in [5, 5.41) is 11.0. The van der Waals surface area contributed by atoms with E-state index in [1.54, 1.807) is 36.4 Å². The van der Waals surface area contributed by atoms with Gasteiger partial charge in [-0.25, -0.2) is 9.79 Å². The summed E-state index contributed by atoms with van der Waals surface area (Å²) in [7, 11) is 0. The van der Waals surface area contributed by atoms with Crippen LogP contribution in [0.3, 0.4) is 0 Å². The van der Waals surface area contributed by atoms with Gasteiger partial charge in [-0.1, -0.05) is 37.4 Å². The summed E-state index contributed by atoms with van der Waals surface area (Å²) >= 11 is 0. The predicted octanol–water partition coefficient (Wildman–Crippen LogP) is 4.07. The van der Waals surface area contributed by atoms with E-state index in [2.05, 4.69) is 18.2 Å². The van der Waals surface area contributed by atoms with Crippen LogP contribution in [0.25, 0.3) is 6.08 Å². The summed E-state index contributed by atoms with van der Waals surface area (Å²) in [6.45, 7) is 7.83. The van der Waals surface area contributed by atoms with Crippen molar-refractivity contribution in [3.8, 4) is 11.5 Å². The van der Waals surface area contributed by atoms with Crippen molar-refractivity contribution in [3.05, 3.63) is 94.7 Å². The third-order valence-electron chi connectivity index (χ3n) is 3.91. The Labute approximate surface area is 172 Å². The van der Waals surface area contributed by atoms with E-state index in [0.29, 0.717) is 29.2 Å². The van der Waals surface area contributed by atoms with Crippen LogP contribution in [0.4, 0.5) is 5.69 Å². The number of nitrogens with zero attached hydrogens (tertiary/aromatic N) is 2. The lowest BCUT2D eigenvalue weighted by molar-refractivity contribution is -0.384. The molecule has 3 rings (SSSR count). The molecule has 0 bridgehead atoms. The molecule has 0 aliphatic carbocycles. The van der Waals surface area contributed by atoms with E-state index in [1.807, 2.05) is 0 Å². The van der Waals surface area contributed by atoms with Gasteiger partial charge in [-0.15, -0.1) is 0 Å². The normalized spacial score (nSPS) is 14.1. The Kier molecular flexibility index (Phi) is 6.39. The number of ether oxygens (including phenoxy) is 3. The molecular formula is C22H18N2O6. The lowest BCUT2D eigenvalue weighted by Crippen LogP contribution is -2.05. The van der Waals surface area contributed by atoms with Crippen LogP contribution in [0, 0.1) is 10.1 Å². The van der Waals surface area contributed by atoms with E-state index in [9.17, 15) is 14.9 Å². The summed E-state index contributed by atoms with van der Waals surface area (Å²) in [5.41, 5.74) is 0.911. The van der Waals surface area contributed by atoms with E-state index in [0.717, 1.165) is 0 Å². The number of non-ortho nitro benzene ring substituents is 1. The van der Waals surface area contributed by atoms with Crippen LogP contribution in [0.1, 0.15) is 11.1 Å². The molecule has 0 spiro atoms. The molecule has 1 heterocycles. The van der Waals surface area contributed by atoms with Crippen molar-refractivity contribution in [1.82, 2.24) is 0 Å². The molecule has 8 heteroatoms. The summed E-state index contributed by atoms with van der Waals surface area (Å²) in [4.78, 5) is 26.8. The molecule has 0 radical (unpaired) electrons. The largest absolute Gasteiger partial charge is 0.486 e. The molecule has 152 valence electrons. The fourth-order valence-corrected chi connectivity index (χ4v) is 2.59. The maximum absolute atomic E-state index is 12.2. The van der Waals surface area contributed by atoms with Crippen molar-refractivity contribution >= 4 is 23.6 Å². The van der Waals surface area contributed by atoms with Crippen molar-refractivity contribution in [3.63, 3.8) is 0 Å². The molecule has 0 saturated carbocycles. The highest BCUT2D eigenvalue weighted by Gasteiger charge is 2.25. The highest BCUT2D eigenvalue weighted by Crippen LogP contribution is 2.30. The molecule has 30 heavy (non-hydrogen) atoms. The molecule has 1 aliphatic heterocycles. The molecule has 0 fully saturated rings. The van der Waals surface area contributed by atoms with Gasteiger partial charge in [0.2, 0.25) is 5.90 Å². The molecule has 0 unspecified atom stereocenters. The molecule has 1 aliphatic rings. The number of nitro benzene ring substituents is 1. The summed E-state index contributed by atoms with van der Waals surface area (Å²) in [5.74, 6) is 0.343. The first kappa shape index (κ1) is 20.5. The Bertz CT molecular complexity index is 1070. The average molecular weight is 406 g/mol. The minimum Gasteiger partial charge on any atom is -0.486 e. The number of hydrogen-bond donors (Lipinski definition) is 0. The van der Waals surface area contributed by atoms with E-state index < -0.39 is 10.9 Å². The van der Waals surface area contributed by atoms with Gasteiger partial charge in [-0.3, -0.25) is 10.1 Å². The number of cyclic esters (lactones) is 1. The Morgan fingerprint density at radius 3 is 2.50 bits per heavy atom. The fraction of sp³-hybridized carbons (Fsp3) is 0.0909. The highest BCUT2D eigenvalue weighted by atomic mass is 16.6. The maximum atomic E-state index is 12.2. The van der Waals surface area contributed by atoms with Gasteiger partial charge >= 0.3 is 5.97 Å². The molecule has 0 amide bonds. The van der Waals surface area contributed by atoms with Crippen LogP contribution in [-0.4, -0.2) is 30.0 Å². The number of nitro groups is 1. The number of carbonyl (C=O) groups excluding carboxylic acids is 1. The third kappa shape index (κ3) is 4.79. The minimum absolute atomic E-state index is 0.00372. The lowest BCUT2D eigenvalue weighted by Gasteiger charge is -2.11. The van der Waals surface area contributed by atoms with Gasteiger partial charge in [0, 0.05) is 17.7 Å². The third-order valence-corrected chi connectivity index (χ3v) is 3.91. The van der Waals surface area contributed by atoms with Crippen molar-refractivity contribution in [1.29, 1.82) is 0 Å². The Morgan fingerprint density at radius 1 is 1.07 bits per heavy atom. The number of benzene rings is 2. The summed E-state index contributed by atoms with van der Waals surface area (Å²) in [6, 6.07) is 10.9. The fourth-order valence-electron chi connectivity index (χ4n) is 2.59. The lowest BCUT2D eigenvalue weighted by atomic mass is 10.1. The second-order valence-electron chi connectivity index (χ2n) is 6.05. The van der Waals surface area contributed by atoms with E-state index in [1.165, 1.54) is 24.3 Å². The Hall–Kier alpha value is -4.20. The van der Waals surface area contributed by atoms with Crippen molar-refractivity contribution in [2.75, 3.05) is 13.2 Å². The second kappa shape index (κ2) is 9.33. The van der Waals surface area contributed by atoms with Gasteiger partial charge in [0.05, 0.1) is 4.92 Å². The number of carbonyl (C=O) groups is 1. The zero-order valence-electron chi connectivity index (χ0n) is 15.9. The maximum Gasteiger partial charge on any atom is 0.363 e. The number of hydrogen-bond acceptors (Lipinski definition) is 7. The Balaban J connectivity index is 1.90. The SMILES string of the molecule is C=CCOc1ccc(/C=C2\N=C(c3cccc([N+](=O)[O-])c3)OC2=O)cc1OCC=C. The van der Waals surface area contributed by atoms with Crippen LogP contribution < -0.4 is 9.47 Å². The molecule has 0 N–H and O–H groups in total. The van der Waals surface area contributed by atoms with Crippen molar-refractivity contribution < 1.29 is 23.9 Å². The molecule has 0 aromatic heterocycles. The van der Waals surface area contributed by atoms with Crippen LogP contribution in [-0.2, 0) is 9.53 Å². The first-order valence-corrected chi connectivity index (χ1v) is 8.90.